The molecule has 0 unspecified atom stereocenters. The minimum Gasteiger partial charge on any atom is -1.00 e. The number of allylic oxidation sites excluding steroid dienone is 4. The molecule has 0 amide bonds. The van der Waals surface area contributed by atoms with Crippen molar-refractivity contribution in [1.29, 1.82) is 0 Å². The molecular weight excluding hydrogens is 426 g/mol. The molecule has 0 aliphatic heterocycles. The summed E-state index contributed by atoms with van der Waals surface area (Å²) in [5.74, 6) is 0. The Morgan fingerprint density at radius 1 is 0.920 bits per heavy atom. The van der Waals surface area contributed by atoms with Crippen molar-refractivity contribution in [3.63, 3.8) is 0 Å². The zero-order chi connectivity index (χ0) is 15.3. The molecule has 2 aromatic carbocycles. The van der Waals surface area contributed by atoms with Gasteiger partial charge >= 0.3 is 26.2 Å². The predicted octanol–water partition coefficient (Wildman–Crippen LogP) is -0.177. The van der Waals surface area contributed by atoms with Crippen molar-refractivity contribution >= 4 is 5.57 Å². The number of hydrogen-bond donors (Lipinski definition) is 0. The first-order valence-corrected chi connectivity index (χ1v) is 8.07. The monoisotopic (exact) mass is 445 g/mol. The van der Waals surface area contributed by atoms with Gasteiger partial charge in [-0.05, 0) is 23.8 Å². The van der Waals surface area contributed by atoms with E-state index in [0.29, 0.717) is 0 Å². The minimum absolute atomic E-state index is 0. The van der Waals surface area contributed by atoms with Gasteiger partial charge in [-0.15, -0.1) is 34.9 Å². The Morgan fingerprint density at radius 2 is 1.64 bits per heavy atom. The molecule has 0 saturated carbocycles. The SMILES string of the molecule is CC(C)(C)C1=CCC(c2[c-]c3c(cc2)-c2ccccc2C3)=C1.[Cl-].[Cl-].[Zr+3]. The maximum absolute atomic E-state index is 3.68. The van der Waals surface area contributed by atoms with Crippen LogP contribution in [0.5, 0.6) is 0 Å². The molecule has 0 nitrogen and oxygen atoms in total. The summed E-state index contributed by atoms with van der Waals surface area (Å²) in [6.45, 7) is 6.84. The Labute approximate surface area is 182 Å². The topological polar surface area (TPSA) is 0 Å². The van der Waals surface area contributed by atoms with Crippen molar-refractivity contribution in [2.24, 2.45) is 5.41 Å². The van der Waals surface area contributed by atoms with Crippen LogP contribution >= 0.6 is 0 Å². The summed E-state index contributed by atoms with van der Waals surface area (Å²) >= 11 is 0. The van der Waals surface area contributed by atoms with Gasteiger partial charge in [0.05, 0.1) is 0 Å². The molecule has 0 atom stereocenters. The van der Waals surface area contributed by atoms with Crippen LogP contribution in [0.4, 0.5) is 0 Å². The Hall–Kier alpha value is -0.617. The van der Waals surface area contributed by atoms with Crippen LogP contribution in [0.3, 0.4) is 0 Å². The van der Waals surface area contributed by atoms with Gasteiger partial charge in [-0.3, -0.25) is 0 Å². The molecular formula is C22H21Cl2Zr. The molecule has 0 heterocycles. The maximum Gasteiger partial charge on any atom is 3.00 e. The fraction of sp³-hybridized carbons (Fsp3) is 0.273. The van der Waals surface area contributed by atoms with Crippen LogP contribution in [0.2, 0.25) is 0 Å². The van der Waals surface area contributed by atoms with Gasteiger partial charge in [-0.1, -0.05) is 73.9 Å². The number of fused-ring (bicyclic) bond motifs is 3. The molecule has 127 valence electrons. The Balaban J connectivity index is 0.00000104. The van der Waals surface area contributed by atoms with Crippen LogP contribution in [0.15, 0.2) is 54.1 Å². The molecule has 2 aromatic rings. The van der Waals surface area contributed by atoms with Crippen LogP contribution in [0.25, 0.3) is 16.7 Å². The van der Waals surface area contributed by atoms with Gasteiger partial charge in [-0.25, -0.2) is 0 Å². The van der Waals surface area contributed by atoms with Crippen LogP contribution < -0.4 is 24.8 Å². The summed E-state index contributed by atoms with van der Waals surface area (Å²) in [5.41, 5.74) is 9.87. The van der Waals surface area contributed by atoms with E-state index in [4.69, 9.17) is 0 Å². The standard InChI is InChI=1S/C22H21.2ClH.Zr/c1-22(2,3)19-10-8-16(14-19)15-9-11-21-18(12-15)13-17-6-4-5-7-20(17)21;;;/h4-7,9-11,14H,8,13H2,1-3H3;2*1H;/q-1;;;+3/p-2. The van der Waals surface area contributed by atoms with E-state index in [0.717, 1.165) is 12.8 Å². The first-order valence-electron chi connectivity index (χ1n) is 8.07. The molecule has 0 N–H and O–H groups in total. The van der Waals surface area contributed by atoms with Gasteiger partial charge in [-0.2, -0.15) is 0 Å². The van der Waals surface area contributed by atoms with E-state index in [1.807, 2.05) is 0 Å². The van der Waals surface area contributed by atoms with Gasteiger partial charge < -0.3 is 24.8 Å². The fourth-order valence-corrected chi connectivity index (χ4v) is 3.48. The van der Waals surface area contributed by atoms with E-state index in [2.05, 4.69) is 75.4 Å². The molecule has 4 rings (SSSR count). The summed E-state index contributed by atoms with van der Waals surface area (Å²) in [5, 5.41) is 0. The zero-order valence-corrected chi connectivity index (χ0v) is 18.8. The van der Waals surface area contributed by atoms with E-state index in [1.165, 1.54) is 39.0 Å². The summed E-state index contributed by atoms with van der Waals surface area (Å²) in [4.78, 5) is 0. The number of halogens is 2. The second-order valence-corrected chi connectivity index (χ2v) is 7.38. The van der Waals surface area contributed by atoms with Crippen molar-refractivity contribution < 1.29 is 51.0 Å². The largest absolute Gasteiger partial charge is 3.00 e. The normalized spacial score (nSPS) is 14.2. The minimum atomic E-state index is 0. The molecule has 0 aromatic heterocycles. The van der Waals surface area contributed by atoms with Crippen molar-refractivity contribution in [3.05, 3.63) is 76.9 Å². The van der Waals surface area contributed by atoms with Crippen molar-refractivity contribution in [2.75, 3.05) is 0 Å². The molecule has 1 radical (unpaired) electrons. The summed E-state index contributed by atoms with van der Waals surface area (Å²) in [7, 11) is 0. The average Bonchev–Trinajstić information content (AvgIpc) is 3.11. The second-order valence-electron chi connectivity index (χ2n) is 7.38. The van der Waals surface area contributed by atoms with E-state index < -0.39 is 0 Å². The third-order valence-corrected chi connectivity index (χ3v) is 4.79. The van der Waals surface area contributed by atoms with E-state index in [1.54, 1.807) is 0 Å². The van der Waals surface area contributed by atoms with Gasteiger partial charge in [0.2, 0.25) is 0 Å². The van der Waals surface area contributed by atoms with Gasteiger partial charge in [0.25, 0.3) is 0 Å². The van der Waals surface area contributed by atoms with Crippen LogP contribution in [-0.2, 0) is 32.6 Å². The third-order valence-electron chi connectivity index (χ3n) is 4.79. The number of rotatable bonds is 1. The van der Waals surface area contributed by atoms with Gasteiger partial charge in [0, 0.05) is 0 Å². The molecule has 3 heteroatoms. The van der Waals surface area contributed by atoms with E-state index in [9.17, 15) is 0 Å². The zero-order valence-electron chi connectivity index (χ0n) is 14.8. The first kappa shape index (κ1) is 22.4. The van der Waals surface area contributed by atoms with Gasteiger partial charge in [0.15, 0.2) is 0 Å². The molecule has 0 bridgehead atoms. The van der Waals surface area contributed by atoms with Crippen molar-refractivity contribution in [3.8, 4) is 11.1 Å². The number of benzene rings is 2. The summed E-state index contributed by atoms with van der Waals surface area (Å²) in [6.07, 6.45) is 6.78. The van der Waals surface area contributed by atoms with Crippen LogP contribution in [0, 0.1) is 11.5 Å². The van der Waals surface area contributed by atoms with Gasteiger partial charge in [0.1, 0.15) is 0 Å². The number of hydrogen-bond acceptors (Lipinski definition) is 0. The first-order chi connectivity index (χ1) is 10.5. The fourth-order valence-electron chi connectivity index (χ4n) is 3.48. The summed E-state index contributed by atoms with van der Waals surface area (Å²) < 4.78 is 0. The second kappa shape index (κ2) is 8.38. The Bertz CT molecular complexity index is 826. The van der Waals surface area contributed by atoms with E-state index >= 15 is 0 Å². The van der Waals surface area contributed by atoms with Crippen LogP contribution in [0.1, 0.15) is 43.9 Å². The third kappa shape index (κ3) is 4.21. The predicted molar refractivity (Wildman–Crippen MR) is 93.7 cm³/mol. The van der Waals surface area contributed by atoms with Crippen molar-refractivity contribution in [1.82, 2.24) is 0 Å². The summed E-state index contributed by atoms with van der Waals surface area (Å²) in [6, 6.07) is 16.9. The quantitative estimate of drug-likeness (QED) is 0.455. The molecule has 25 heavy (non-hydrogen) atoms. The molecule has 0 fully saturated rings. The molecule has 0 spiro atoms. The smallest absolute Gasteiger partial charge is 1.00 e. The Kier molecular flexibility index (Phi) is 7.52. The average molecular weight is 448 g/mol. The maximum atomic E-state index is 3.68. The molecule has 2 aliphatic carbocycles. The Morgan fingerprint density at radius 3 is 2.32 bits per heavy atom. The van der Waals surface area contributed by atoms with Crippen LogP contribution in [-0.4, -0.2) is 0 Å². The molecule has 0 saturated heterocycles. The van der Waals surface area contributed by atoms with E-state index in [-0.39, 0.29) is 56.4 Å². The van der Waals surface area contributed by atoms with Crippen molar-refractivity contribution in [2.45, 2.75) is 33.6 Å². The molecule has 2 aliphatic rings.